The second kappa shape index (κ2) is 7.12. The van der Waals surface area contributed by atoms with E-state index in [2.05, 4.69) is 25.4 Å². The van der Waals surface area contributed by atoms with E-state index >= 15 is 0 Å². The molecule has 1 N–H and O–H groups in total. The predicted molar refractivity (Wildman–Crippen MR) is 98.1 cm³/mol. The number of alkyl halides is 3. The van der Waals surface area contributed by atoms with E-state index < -0.39 is 17.7 Å². The highest BCUT2D eigenvalue weighted by Crippen LogP contribution is 2.30. The van der Waals surface area contributed by atoms with Gasteiger partial charge in [-0.1, -0.05) is 13.0 Å². The molecule has 0 fully saturated rings. The molecule has 0 unspecified atom stereocenters. The van der Waals surface area contributed by atoms with Crippen molar-refractivity contribution in [2.45, 2.75) is 19.5 Å². The Morgan fingerprint density at radius 1 is 1.10 bits per heavy atom. The van der Waals surface area contributed by atoms with Crippen molar-refractivity contribution in [3.63, 3.8) is 0 Å². The van der Waals surface area contributed by atoms with Gasteiger partial charge in [0.25, 0.3) is 0 Å². The van der Waals surface area contributed by atoms with Gasteiger partial charge in [-0.2, -0.15) is 13.2 Å². The first kappa shape index (κ1) is 18.8. The maximum absolute atomic E-state index is 14.1. The Kier molecular flexibility index (Phi) is 4.61. The summed E-state index contributed by atoms with van der Waals surface area (Å²) in [5, 5.41) is 7.19. The quantitative estimate of drug-likeness (QED) is 0.504. The van der Waals surface area contributed by atoms with E-state index in [1.807, 2.05) is 13.0 Å². The highest BCUT2D eigenvalue weighted by atomic mass is 19.4. The number of pyridine rings is 2. The zero-order valence-electron chi connectivity index (χ0n) is 15.1. The van der Waals surface area contributed by atoms with Gasteiger partial charge in [0.1, 0.15) is 16.9 Å². The van der Waals surface area contributed by atoms with Crippen LogP contribution >= 0.6 is 0 Å². The molecule has 0 aliphatic carbocycles. The summed E-state index contributed by atoms with van der Waals surface area (Å²) in [6, 6.07) is 6.75. The molecular formula is C19H14F4N6. The summed E-state index contributed by atoms with van der Waals surface area (Å²) in [6.45, 7) is 1.94. The van der Waals surface area contributed by atoms with Crippen LogP contribution in [0.5, 0.6) is 0 Å². The number of nitrogens with one attached hydrogen (secondary N) is 1. The largest absolute Gasteiger partial charge is 0.433 e. The summed E-state index contributed by atoms with van der Waals surface area (Å²) in [4.78, 5) is 11.7. The van der Waals surface area contributed by atoms with Crippen LogP contribution in [0.15, 0.2) is 48.9 Å². The van der Waals surface area contributed by atoms with Crippen LogP contribution in [0.3, 0.4) is 0 Å². The third kappa shape index (κ3) is 3.60. The Morgan fingerprint density at radius 3 is 2.66 bits per heavy atom. The van der Waals surface area contributed by atoms with Crippen molar-refractivity contribution < 1.29 is 17.6 Å². The van der Waals surface area contributed by atoms with Crippen LogP contribution < -0.4 is 5.32 Å². The van der Waals surface area contributed by atoms with Crippen LogP contribution in [-0.2, 0) is 12.6 Å². The fourth-order valence-electron chi connectivity index (χ4n) is 2.89. The molecule has 4 rings (SSSR count). The van der Waals surface area contributed by atoms with Gasteiger partial charge in [-0.25, -0.2) is 18.9 Å². The molecule has 0 aliphatic heterocycles. The second-order valence-electron chi connectivity index (χ2n) is 6.16. The van der Waals surface area contributed by atoms with Crippen molar-refractivity contribution in [2.75, 3.05) is 5.32 Å². The molecule has 29 heavy (non-hydrogen) atoms. The first-order valence-corrected chi connectivity index (χ1v) is 8.66. The molecule has 4 heterocycles. The average molecular weight is 402 g/mol. The van der Waals surface area contributed by atoms with E-state index in [0.29, 0.717) is 11.9 Å². The third-order valence-corrected chi connectivity index (χ3v) is 4.27. The smallest absolute Gasteiger partial charge is 0.336 e. The van der Waals surface area contributed by atoms with Gasteiger partial charge in [0.15, 0.2) is 11.6 Å². The molecule has 0 radical (unpaired) electrons. The molecule has 6 nitrogen and oxygen atoms in total. The molecular weight excluding hydrogens is 388 g/mol. The van der Waals surface area contributed by atoms with Crippen LogP contribution in [0, 0.1) is 5.82 Å². The fraction of sp³-hybridized carbons (Fsp3) is 0.158. The summed E-state index contributed by atoms with van der Waals surface area (Å²) < 4.78 is 54.7. The van der Waals surface area contributed by atoms with Crippen molar-refractivity contribution in [2.24, 2.45) is 0 Å². The molecule has 0 amide bonds. The highest BCUT2D eigenvalue weighted by Gasteiger charge is 2.32. The molecule has 10 heteroatoms. The number of fused-ring (bicyclic) bond motifs is 1. The normalized spacial score (nSPS) is 11.8. The minimum atomic E-state index is -4.59. The SMILES string of the molecule is CCc1ccn2nc(-c3cccc(C(F)(F)F)n3)nc(Nc3ccncc3F)c12. The van der Waals surface area contributed by atoms with Crippen molar-refractivity contribution in [1.82, 2.24) is 24.6 Å². The lowest BCUT2D eigenvalue weighted by Gasteiger charge is -2.12. The van der Waals surface area contributed by atoms with Crippen LogP contribution in [0.1, 0.15) is 18.2 Å². The minimum Gasteiger partial charge on any atom is -0.336 e. The number of halogens is 4. The molecule has 0 aliphatic rings. The van der Waals surface area contributed by atoms with E-state index in [-0.39, 0.29) is 23.0 Å². The Balaban J connectivity index is 1.88. The Labute approximate surface area is 162 Å². The van der Waals surface area contributed by atoms with Gasteiger partial charge in [0, 0.05) is 12.4 Å². The number of aromatic nitrogens is 5. The van der Waals surface area contributed by atoms with Crippen LogP contribution in [-0.4, -0.2) is 24.6 Å². The number of aryl methyl sites for hydroxylation is 1. The molecule has 0 spiro atoms. The molecule has 0 atom stereocenters. The lowest BCUT2D eigenvalue weighted by Crippen LogP contribution is -2.10. The number of anilines is 2. The van der Waals surface area contributed by atoms with Crippen molar-refractivity contribution in [3.8, 4) is 11.5 Å². The number of hydrogen-bond acceptors (Lipinski definition) is 5. The van der Waals surface area contributed by atoms with E-state index in [1.54, 1.807) is 6.20 Å². The first-order valence-electron chi connectivity index (χ1n) is 8.66. The zero-order chi connectivity index (χ0) is 20.6. The standard InChI is InChI=1S/C19H14F4N6/c1-2-11-7-9-29-16(11)18(26-13-6-8-24-10-12(13)20)27-17(28-29)14-4-3-5-15(25-14)19(21,22)23/h3-10H,2H2,1H3,(H,24,26,27,28). The van der Waals surface area contributed by atoms with Crippen LogP contribution in [0.4, 0.5) is 29.1 Å². The summed E-state index contributed by atoms with van der Waals surface area (Å²) in [5.74, 6) is -0.368. The maximum atomic E-state index is 14.1. The molecule has 4 aromatic heterocycles. The Morgan fingerprint density at radius 2 is 1.93 bits per heavy atom. The third-order valence-electron chi connectivity index (χ3n) is 4.27. The Hall–Kier alpha value is -3.56. The van der Waals surface area contributed by atoms with Gasteiger partial charge in [-0.15, -0.1) is 5.10 Å². The molecule has 148 valence electrons. The zero-order valence-corrected chi connectivity index (χ0v) is 15.1. The van der Waals surface area contributed by atoms with Gasteiger partial charge in [0.05, 0.1) is 11.9 Å². The first-order chi connectivity index (χ1) is 13.9. The monoisotopic (exact) mass is 402 g/mol. The number of hydrogen-bond donors (Lipinski definition) is 1. The molecule has 0 bridgehead atoms. The van der Waals surface area contributed by atoms with Crippen molar-refractivity contribution in [1.29, 1.82) is 0 Å². The lowest BCUT2D eigenvalue weighted by molar-refractivity contribution is -0.141. The Bertz CT molecular complexity index is 1190. The summed E-state index contributed by atoms with van der Waals surface area (Å²) >= 11 is 0. The highest BCUT2D eigenvalue weighted by molar-refractivity contribution is 5.78. The molecule has 4 aromatic rings. The van der Waals surface area contributed by atoms with E-state index in [0.717, 1.165) is 17.8 Å². The summed E-state index contributed by atoms with van der Waals surface area (Å²) in [6.07, 6.45) is 0.201. The summed E-state index contributed by atoms with van der Waals surface area (Å²) in [5.41, 5.74) is 0.526. The average Bonchev–Trinajstić information content (AvgIpc) is 3.12. The van der Waals surface area contributed by atoms with Crippen molar-refractivity contribution in [3.05, 3.63) is 66.0 Å². The molecule has 0 saturated carbocycles. The van der Waals surface area contributed by atoms with Gasteiger partial charge >= 0.3 is 6.18 Å². The van der Waals surface area contributed by atoms with Gasteiger partial charge in [0.2, 0.25) is 5.82 Å². The topological polar surface area (TPSA) is 68.0 Å². The maximum Gasteiger partial charge on any atom is 0.433 e. The molecule has 0 aromatic carbocycles. The van der Waals surface area contributed by atoms with Crippen molar-refractivity contribution >= 4 is 17.0 Å². The number of nitrogens with zero attached hydrogens (tertiary/aromatic N) is 5. The number of rotatable bonds is 4. The minimum absolute atomic E-state index is 0.0289. The van der Waals surface area contributed by atoms with Crippen LogP contribution in [0.25, 0.3) is 17.0 Å². The second-order valence-corrected chi connectivity index (χ2v) is 6.16. The van der Waals surface area contributed by atoms with Gasteiger partial charge in [-0.3, -0.25) is 4.98 Å². The van der Waals surface area contributed by atoms with E-state index in [9.17, 15) is 17.6 Å². The predicted octanol–water partition coefficient (Wildman–Crippen LogP) is 4.65. The molecule has 0 saturated heterocycles. The van der Waals surface area contributed by atoms with E-state index in [4.69, 9.17) is 0 Å². The lowest BCUT2D eigenvalue weighted by atomic mass is 10.2. The van der Waals surface area contributed by atoms with Gasteiger partial charge < -0.3 is 5.32 Å². The van der Waals surface area contributed by atoms with E-state index in [1.165, 1.54) is 28.9 Å². The summed E-state index contributed by atoms with van der Waals surface area (Å²) in [7, 11) is 0. The fourth-order valence-corrected chi connectivity index (χ4v) is 2.89. The van der Waals surface area contributed by atoms with Gasteiger partial charge in [-0.05, 0) is 36.2 Å². The van der Waals surface area contributed by atoms with Crippen LogP contribution in [0.2, 0.25) is 0 Å².